The van der Waals surface area contributed by atoms with Gasteiger partial charge in [-0.05, 0) is 44.2 Å². The smallest absolute Gasteiger partial charge is 0.348 e. The molecule has 100 valence electrons. The van der Waals surface area contributed by atoms with Crippen molar-refractivity contribution in [2.24, 2.45) is 0 Å². The maximum absolute atomic E-state index is 12.0. The monoisotopic (exact) mass is 277 g/mol. The molecule has 0 saturated heterocycles. The first-order chi connectivity index (χ1) is 9.22. The van der Waals surface area contributed by atoms with Crippen LogP contribution in [0.4, 0.5) is 0 Å². The van der Waals surface area contributed by atoms with E-state index in [9.17, 15) is 4.79 Å². The summed E-state index contributed by atoms with van der Waals surface area (Å²) in [4.78, 5) is 14.0. The Balaban J connectivity index is 1.65. The normalized spacial score (nSPS) is 14.2. The van der Waals surface area contributed by atoms with Crippen LogP contribution in [0.2, 0.25) is 0 Å². The molecule has 0 aliphatic heterocycles. The fourth-order valence-corrected chi connectivity index (χ4v) is 3.43. The minimum atomic E-state index is -0.270. The highest BCUT2D eigenvalue weighted by molar-refractivity contribution is 7.14. The summed E-state index contributed by atoms with van der Waals surface area (Å²) >= 11 is 1.56. The molecule has 4 nitrogen and oxygen atoms in total. The van der Waals surface area contributed by atoms with Crippen LogP contribution in [0.5, 0.6) is 0 Å². The highest BCUT2D eigenvalue weighted by Crippen LogP contribution is 2.30. The summed E-state index contributed by atoms with van der Waals surface area (Å²) in [5, 5.41) is 3.76. The Morgan fingerprint density at radius 3 is 3.00 bits per heavy atom. The van der Waals surface area contributed by atoms with Crippen molar-refractivity contribution in [1.82, 2.24) is 5.16 Å². The second-order valence-corrected chi connectivity index (χ2v) is 5.91. The number of rotatable bonds is 3. The van der Waals surface area contributed by atoms with Crippen molar-refractivity contribution >= 4 is 17.3 Å². The number of carbonyl (C=O) groups excluding carboxylic acids is 1. The number of ether oxygens (including phenoxy) is 1. The summed E-state index contributed by atoms with van der Waals surface area (Å²) in [5.41, 5.74) is 2.11. The Hall–Kier alpha value is -1.62. The van der Waals surface area contributed by atoms with Crippen molar-refractivity contribution in [2.45, 2.75) is 39.2 Å². The molecule has 0 bridgehead atoms. The van der Waals surface area contributed by atoms with E-state index >= 15 is 0 Å². The molecule has 0 saturated carbocycles. The Kier molecular flexibility index (Phi) is 3.38. The van der Waals surface area contributed by atoms with Crippen LogP contribution < -0.4 is 0 Å². The standard InChI is InChI=1S/C14H15NO3S/c1-9-6-11(18-15-9)8-17-14(16)13-7-10-4-2-3-5-12(10)19-13/h6-7H,2-5,8H2,1H3. The molecule has 0 fully saturated rings. The van der Waals surface area contributed by atoms with E-state index in [0.717, 1.165) is 18.5 Å². The van der Waals surface area contributed by atoms with Crippen LogP contribution in [0, 0.1) is 6.92 Å². The summed E-state index contributed by atoms with van der Waals surface area (Å²) in [6.45, 7) is 1.98. The summed E-state index contributed by atoms with van der Waals surface area (Å²) in [6, 6.07) is 3.75. The number of esters is 1. The van der Waals surface area contributed by atoms with Gasteiger partial charge in [-0.25, -0.2) is 4.79 Å². The lowest BCUT2D eigenvalue weighted by Gasteiger charge is -2.08. The number of aromatic nitrogens is 1. The van der Waals surface area contributed by atoms with E-state index in [1.54, 1.807) is 17.4 Å². The average Bonchev–Trinajstić information content (AvgIpc) is 3.01. The highest BCUT2D eigenvalue weighted by atomic mass is 32.1. The van der Waals surface area contributed by atoms with Crippen LogP contribution in [-0.2, 0) is 24.2 Å². The Bertz CT molecular complexity index is 576. The lowest BCUT2D eigenvalue weighted by atomic mass is 9.99. The molecular weight excluding hydrogens is 262 g/mol. The van der Waals surface area contributed by atoms with Crippen molar-refractivity contribution < 1.29 is 14.1 Å². The molecule has 1 aliphatic carbocycles. The molecule has 0 N–H and O–H groups in total. The number of hydrogen-bond donors (Lipinski definition) is 0. The highest BCUT2D eigenvalue weighted by Gasteiger charge is 2.18. The molecular formula is C14H15NO3S. The number of nitrogens with zero attached hydrogens (tertiary/aromatic N) is 1. The van der Waals surface area contributed by atoms with Gasteiger partial charge in [0, 0.05) is 10.9 Å². The second kappa shape index (κ2) is 5.17. The maximum atomic E-state index is 12.0. The number of aryl methyl sites for hydroxylation is 3. The maximum Gasteiger partial charge on any atom is 0.348 e. The predicted molar refractivity (Wildman–Crippen MR) is 71.3 cm³/mol. The minimum Gasteiger partial charge on any atom is -0.453 e. The number of fused-ring (bicyclic) bond motifs is 1. The van der Waals surface area contributed by atoms with Crippen molar-refractivity contribution in [1.29, 1.82) is 0 Å². The van der Waals surface area contributed by atoms with Gasteiger partial charge in [-0.3, -0.25) is 0 Å². The largest absolute Gasteiger partial charge is 0.453 e. The van der Waals surface area contributed by atoms with Crippen LogP contribution in [-0.4, -0.2) is 11.1 Å². The Morgan fingerprint density at radius 2 is 2.26 bits per heavy atom. The van der Waals surface area contributed by atoms with Gasteiger partial charge in [0.05, 0.1) is 5.69 Å². The fourth-order valence-electron chi connectivity index (χ4n) is 2.28. The summed E-state index contributed by atoms with van der Waals surface area (Å²) in [7, 11) is 0. The first-order valence-corrected chi connectivity index (χ1v) is 7.25. The summed E-state index contributed by atoms with van der Waals surface area (Å²) in [5.74, 6) is 0.306. The molecule has 5 heteroatoms. The first-order valence-electron chi connectivity index (χ1n) is 6.43. The minimum absolute atomic E-state index is 0.141. The third kappa shape index (κ3) is 2.71. The number of hydrogen-bond acceptors (Lipinski definition) is 5. The summed E-state index contributed by atoms with van der Waals surface area (Å²) in [6.07, 6.45) is 4.61. The van der Waals surface area contributed by atoms with Gasteiger partial charge in [-0.2, -0.15) is 0 Å². The quantitative estimate of drug-likeness (QED) is 0.808. The van der Waals surface area contributed by atoms with Crippen molar-refractivity contribution in [2.75, 3.05) is 0 Å². The van der Waals surface area contributed by atoms with Crippen molar-refractivity contribution in [3.63, 3.8) is 0 Å². The number of carbonyl (C=O) groups is 1. The van der Waals surface area contributed by atoms with Gasteiger partial charge in [0.25, 0.3) is 0 Å². The van der Waals surface area contributed by atoms with Gasteiger partial charge in [-0.1, -0.05) is 5.16 Å². The fraction of sp³-hybridized carbons (Fsp3) is 0.429. The lowest BCUT2D eigenvalue weighted by molar-refractivity contribution is 0.0443. The lowest BCUT2D eigenvalue weighted by Crippen LogP contribution is -2.02. The molecule has 1 aliphatic rings. The molecule has 0 unspecified atom stereocenters. The van der Waals surface area contributed by atoms with Gasteiger partial charge in [0.15, 0.2) is 12.4 Å². The third-order valence-electron chi connectivity index (χ3n) is 3.22. The van der Waals surface area contributed by atoms with E-state index in [-0.39, 0.29) is 12.6 Å². The predicted octanol–water partition coefficient (Wildman–Crippen LogP) is 3.28. The van der Waals surface area contributed by atoms with Crippen LogP contribution in [0.15, 0.2) is 16.7 Å². The molecule has 2 aromatic rings. The van der Waals surface area contributed by atoms with Crippen molar-refractivity contribution in [3.05, 3.63) is 38.9 Å². The van der Waals surface area contributed by atoms with Crippen LogP contribution in [0.1, 0.15) is 44.4 Å². The third-order valence-corrected chi connectivity index (χ3v) is 4.44. The molecule has 0 spiro atoms. The number of thiophene rings is 1. The van der Waals surface area contributed by atoms with Crippen LogP contribution in [0.3, 0.4) is 0 Å². The van der Waals surface area contributed by atoms with E-state index in [2.05, 4.69) is 5.16 Å². The molecule has 0 aromatic carbocycles. The van der Waals surface area contributed by atoms with E-state index in [4.69, 9.17) is 9.26 Å². The molecule has 19 heavy (non-hydrogen) atoms. The average molecular weight is 277 g/mol. The van der Waals surface area contributed by atoms with Crippen LogP contribution in [0.25, 0.3) is 0 Å². The van der Waals surface area contributed by atoms with E-state index < -0.39 is 0 Å². The molecule has 2 aromatic heterocycles. The van der Waals surface area contributed by atoms with E-state index in [0.29, 0.717) is 10.6 Å². The van der Waals surface area contributed by atoms with Crippen molar-refractivity contribution in [3.8, 4) is 0 Å². The topological polar surface area (TPSA) is 52.3 Å². The van der Waals surface area contributed by atoms with Gasteiger partial charge in [0.1, 0.15) is 4.88 Å². The zero-order valence-corrected chi connectivity index (χ0v) is 11.6. The second-order valence-electron chi connectivity index (χ2n) is 4.78. The Morgan fingerprint density at radius 1 is 1.42 bits per heavy atom. The van der Waals surface area contributed by atoms with Gasteiger partial charge >= 0.3 is 5.97 Å². The molecule has 3 rings (SSSR count). The van der Waals surface area contributed by atoms with E-state index in [1.807, 2.05) is 13.0 Å². The first kappa shape index (κ1) is 12.4. The summed E-state index contributed by atoms with van der Waals surface area (Å²) < 4.78 is 10.3. The zero-order chi connectivity index (χ0) is 13.2. The van der Waals surface area contributed by atoms with Gasteiger partial charge in [0.2, 0.25) is 0 Å². The van der Waals surface area contributed by atoms with Gasteiger partial charge < -0.3 is 9.26 Å². The molecule has 0 atom stereocenters. The Labute approximate surface area is 115 Å². The van der Waals surface area contributed by atoms with E-state index in [1.165, 1.54) is 23.3 Å². The molecule has 2 heterocycles. The zero-order valence-electron chi connectivity index (χ0n) is 10.8. The SMILES string of the molecule is Cc1cc(COC(=O)c2cc3c(s2)CCCC3)on1. The molecule has 0 amide bonds. The van der Waals surface area contributed by atoms with Crippen LogP contribution >= 0.6 is 11.3 Å². The van der Waals surface area contributed by atoms with Gasteiger partial charge in [-0.15, -0.1) is 11.3 Å². The molecule has 0 radical (unpaired) electrons.